The molecule has 0 saturated heterocycles. The number of ether oxygens (including phenoxy) is 2. The van der Waals surface area contributed by atoms with Crippen LogP contribution >= 0.6 is 34.8 Å². The lowest BCUT2D eigenvalue weighted by atomic mass is 9.78. The highest BCUT2D eigenvalue weighted by Gasteiger charge is 2.25. The summed E-state index contributed by atoms with van der Waals surface area (Å²) in [5.74, 6) is 1.19. The Bertz CT molecular complexity index is 780. The lowest BCUT2D eigenvalue weighted by Gasteiger charge is -2.27. The van der Waals surface area contributed by atoms with Crippen LogP contribution in [0.15, 0.2) is 36.4 Å². The number of hydrogen-bond acceptors (Lipinski definition) is 4. The minimum absolute atomic E-state index is 0.0774. The molecule has 2 N–H and O–H groups in total. The van der Waals surface area contributed by atoms with E-state index in [2.05, 4.69) is 13.8 Å². The minimum atomic E-state index is -0.742. The molecule has 0 bridgehead atoms. The largest absolute Gasteiger partial charge is 0.492 e. The van der Waals surface area contributed by atoms with Crippen LogP contribution in [0.5, 0.6) is 11.5 Å². The number of aliphatic hydroxyl groups is 2. The quantitative estimate of drug-likeness (QED) is 0.395. The average Bonchev–Trinajstić information content (AvgIpc) is 2.67. The fourth-order valence-electron chi connectivity index (χ4n) is 2.66. The molecular formula is C21H25Cl3O4. The van der Waals surface area contributed by atoms with Crippen LogP contribution in [0, 0.1) is 0 Å². The van der Waals surface area contributed by atoms with Gasteiger partial charge in [-0.2, -0.15) is 0 Å². The van der Waals surface area contributed by atoms with Gasteiger partial charge < -0.3 is 19.7 Å². The first-order chi connectivity index (χ1) is 13.3. The van der Waals surface area contributed by atoms with Gasteiger partial charge >= 0.3 is 0 Å². The van der Waals surface area contributed by atoms with Gasteiger partial charge in [0, 0.05) is 18.4 Å². The molecule has 0 heterocycles. The Morgan fingerprint density at radius 2 is 1.50 bits per heavy atom. The molecule has 0 aliphatic carbocycles. The molecule has 0 aliphatic rings. The van der Waals surface area contributed by atoms with Crippen molar-refractivity contribution in [2.24, 2.45) is 0 Å². The molecule has 4 nitrogen and oxygen atoms in total. The monoisotopic (exact) mass is 446 g/mol. The van der Waals surface area contributed by atoms with Crippen LogP contribution in [0.3, 0.4) is 0 Å². The summed E-state index contributed by atoms with van der Waals surface area (Å²) in [6, 6.07) is 11.3. The predicted octanol–water partition coefficient (Wildman–Crippen LogP) is 5.06. The zero-order chi connectivity index (χ0) is 20.7. The lowest BCUT2D eigenvalue weighted by molar-refractivity contribution is 0.125. The van der Waals surface area contributed by atoms with Gasteiger partial charge in [-0.1, -0.05) is 49.2 Å². The van der Waals surface area contributed by atoms with E-state index in [1.54, 1.807) is 6.07 Å². The van der Waals surface area contributed by atoms with Crippen LogP contribution in [0.25, 0.3) is 0 Å². The highest BCUT2D eigenvalue weighted by atomic mass is 35.5. The van der Waals surface area contributed by atoms with Crippen molar-refractivity contribution < 1.29 is 19.7 Å². The molecule has 28 heavy (non-hydrogen) atoms. The molecule has 7 heteroatoms. The summed E-state index contributed by atoms with van der Waals surface area (Å²) >= 11 is 18.3. The molecule has 0 spiro atoms. The Morgan fingerprint density at radius 3 is 1.96 bits per heavy atom. The number of aliphatic hydroxyl groups excluding tert-OH is 2. The van der Waals surface area contributed by atoms with Gasteiger partial charge in [-0.25, -0.2) is 0 Å². The average molecular weight is 448 g/mol. The van der Waals surface area contributed by atoms with E-state index in [-0.39, 0.29) is 24.5 Å². The molecule has 0 aliphatic heterocycles. The second kappa shape index (κ2) is 10.6. The molecule has 2 aromatic rings. The van der Waals surface area contributed by atoms with Crippen molar-refractivity contribution in [1.82, 2.24) is 0 Å². The van der Waals surface area contributed by atoms with Crippen LogP contribution in [0.1, 0.15) is 31.4 Å². The van der Waals surface area contributed by atoms with Crippen molar-refractivity contribution in [2.45, 2.75) is 31.8 Å². The summed E-state index contributed by atoms with van der Waals surface area (Å²) in [4.78, 5) is 0. The van der Waals surface area contributed by atoms with Gasteiger partial charge in [0.25, 0.3) is 0 Å². The van der Waals surface area contributed by atoms with E-state index in [9.17, 15) is 5.11 Å². The first-order valence-electron chi connectivity index (χ1n) is 9.00. The van der Waals surface area contributed by atoms with Gasteiger partial charge in [-0.15, -0.1) is 11.6 Å². The number of halogens is 3. The standard InChI is InChI=1S/C21H25Cl3O4/c1-21(2,14-4-6-19(17(23)10-14)27-9-3-8-25)15-5-7-20(18(24)11-15)28-13-16(26)12-22/h4-7,10-11,16,25-26H,3,8-9,12-13H2,1-2H3. The van der Waals surface area contributed by atoms with Crippen LogP contribution in [0.2, 0.25) is 10.0 Å². The summed E-state index contributed by atoms with van der Waals surface area (Å²) in [6.07, 6.45) is -0.188. The first-order valence-corrected chi connectivity index (χ1v) is 10.3. The van der Waals surface area contributed by atoms with Crippen molar-refractivity contribution in [3.8, 4) is 11.5 Å². The third-order valence-electron chi connectivity index (χ3n) is 4.48. The molecule has 1 atom stereocenters. The molecule has 2 rings (SSSR count). The van der Waals surface area contributed by atoms with E-state index in [1.807, 2.05) is 30.3 Å². The van der Waals surface area contributed by atoms with Crippen molar-refractivity contribution in [1.29, 1.82) is 0 Å². The Kier molecular flexibility index (Phi) is 8.72. The third kappa shape index (κ3) is 5.91. The molecule has 0 amide bonds. The zero-order valence-corrected chi connectivity index (χ0v) is 18.2. The van der Waals surface area contributed by atoms with E-state index in [4.69, 9.17) is 49.4 Å². The van der Waals surface area contributed by atoms with E-state index in [0.717, 1.165) is 11.1 Å². The second-order valence-corrected chi connectivity index (χ2v) is 8.08. The maximum Gasteiger partial charge on any atom is 0.138 e. The Labute approximate surface area is 180 Å². The fourth-order valence-corrected chi connectivity index (χ4v) is 3.22. The van der Waals surface area contributed by atoms with Gasteiger partial charge in [-0.05, 0) is 35.4 Å². The fraction of sp³-hybridized carbons (Fsp3) is 0.429. The summed E-state index contributed by atoms with van der Waals surface area (Å²) in [5.41, 5.74) is 1.65. The zero-order valence-electron chi connectivity index (χ0n) is 15.9. The van der Waals surface area contributed by atoms with Crippen molar-refractivity contribution in [2.75, 3.05) is 25.7 Å². The van der Waals surface area contributed by atoms with Crippen LogP contribution < -0.4 is 9.47 Å². The Morgan fingerprint density at radius 1 is 0.964 bits per heavy atom. The highest BCUT2D eigenvalue weighted by molar-refractivity contribution is 6.32. The van der Waals surface area contributed by atoms with E-state index >= 15 is 0 Å². The van der Waals surface area contributed by atoms with Gasteiger partial charge in [0.2, 0.25) is 0 Å². The third-order valence-corrected chi connectivity index (χ3v) is 5.42. The van der Waals surface area contributed by atoms with E-state index in [0.29, 0.717) is 34.6 Å². The van der Waals surface area contributed by atoms with Crippen LogP contribution in [-0.4, -0.2) is 42.0 Å². The van der Waals surface area contributed by atoms with Crippen molar-refractivity contribution in [3.63, 3.8) is 0 Å². The maximum absolute atomic E-state index is 9.52. The van der Waals surface area contributed by atoms with Crippen molar-refractivity contribution in [3.05, 3.63) is 57.6 Å². The Hall–Kier alpha value is -1.17. The van der Waals surface area contributed by atoms with Gasteiger partial charge in [0.1, 0.15) is 24.2 Å². The van der Waals surface area contributed by atoms with Crippen LogP contribution in [-0.2, 0) is 5.41 Å². The number of rotatable bonds is 10. The van der Waals surface area contributed by atoms with Crippen molar-refractivity contribution >= 4 is 34.8 Å². The SMILES string of the molecule is CC(C)(c1ccc(OCCCO)c(Cl)c1)c1ccc(OCC(O)CCl)c(Cl)c1. The number of benzene rings is 2. The smallest absolute Gasteiger partial charge is 0.138 e. The summed E-state index contributed by atoms with van der Waals surface area (Å²) in [5, 5.41) is 19.4. The second-order valence-electron chi connectivity index (χ2n) is 6.96. The molecule has 0 saturated carbocycles. The lowest BCUT2D eigenvalue weighted by Crippen LogP contribution is -2.20. The normalized spacial score (nSPS) is 12.7. The molecule has 2 aromatic carbocycles. The van der Waals surface area contributed by atoms with E-state index < -0.39 is 6.10 Å². The minimum Gasteiger partial charge on any atom is -0.492 e. The first kappa shape index (κ1) is 23.1. The summed E-state index contributed by atoms with van der Waals surface area (Å²) in [6.45, 7) is 4.73. The number of hydrogen-bond donors (Lipinski definition) is 2. The highest BCUT2D eigenvalue weighted by Crippen LogP contribution is 2.38. The molecule has 0 radical (unpaired) electrons. The van der Waals surface area contributed by atoms with Crippen LogP contribution in [0.4, 0.5) is 0 Å². The van der Waals surface area contributed by atoms with Gasteiger partial charge in [-0.3, -0.25) is 0 Å². The molecule has 0 aromatic heterocycles. The van der Waals surface area contributed by atoms with Gasteiger partial charge in [0.15, 0.2) is 0 Å². The Balaban J connectivity index is 2.19. The van der Waals surface area contributed by atoms with Gasteiger partial charge in [0.05, 0.1) is 22.5 Å². The molecule has 1 unspecified atom stereocenters. The molecular weight excluding hydrogens is 423 g/mol. The predicted molar refractivity (Wildman–Crippen MR) is 114 cm³/mol. The molecule has 154 valence electrons. The van der Waals surface area contributed by atoms with E-state index in [1.165, 1.54) is 0 Å². The maximum atomic E-state index is 9.52. The topological polar surface area (TPSA) is 58.9 Å². The summed E-state index contributed by atoms with van der Waals surface area (Å²) in [7, 11) is 0. The number of alkyl halides is 1. The summed E-state index contributed by atoms with van der Waals surface area (Å²) < 4.78 is 11.1. The molecule has 0 fully saturated rings.